The van der Waals surface area contributed by atoms with Gasteiger partial charge in [-0.1, -0.05) is 43.5 Å². The van der Waals surface area contributed by atoms with Gasteiger partial charge in [0.2, 0.25) is 0 Å². The van der Waals surface area contributed by atoms with Crippen LogP contribution in [0, 0.1) is 0 Å². The topological polar surface area (TPSA) is 12.0 Å². The fourth-order valence-corrected chi connectivity index (χ4v) is 5.13. The number of benzene rings is 1. The van der Waals surface area contributed by atoms with Gasteiger partial charge < -0.3 is 5.32 Å². The van der Waals surface area contributed by atoms with Crippen molar-refractivity contribution < 1.29 is 0 Å². The second-order valence-corrected chi connectivity index (χ2v) is 8.14. The highest BCUT2D eigenvalue weighted by Gasteiger charge is 2.31. The van der Waals surface area contributed by atoms with Gasteiger partial charge in [0.1, 0.15) is 0 Å². The number of fused-ring (bicyclic) bond motifs is 1. The summed E-state index contributed by atoms with van der Waals surface area (Å²) in [5.41, 5.74) is 3.20. The van der Waals surface area contributed by atoms with Crippen LogP contribution in [0.1, 0.15) is 62.0 Å². The van der Waals surface area contributed by atoms with Gasteiger partial charge in [0.15, 0.2) is 0 Å². The lowest BCUT2D eigenvalue weighted by atomic mass is 9.82. The SMILES string of the molecule is CSC1(CNCC2CCCc3ccccc32)CCCCC1. The molecule has 21 heavy (non-hydrogen) atoms. The van der Waals surface area contributed by atoms with E-state index in [0.717, 1.165) is 5.92 Å². The van der Waals surface area contributed by atoms with Gasteiger partial charge in [-0.05, 0) is 55.4 Å². The van der Waals surface area contributed by atoms with Crippen molar-refractivity contribution in [1.82, 2.24) is 5.32 Å². The third-order valence-electron chi connectivity index (χ3n) is 5.53. The van der Waals surface area contributed by atoms with Crippen LogP contribution in [0.4, 0.5) is 0 Å². The zero-order valence-electron chi connectivity index (χ0n) is 13.4. The molecule has 1 aromatic carbocycles. The molecule has 2 heteroatoms. The van der Waals surface area contributed by atoms with Gasteiger partial charge in [0.25, 0.3) is 0 Å². The molecule has 3 rings (SSSR count). The van der Waals surface area contributed by atoms with Crippen molar-refractivity contribution in [3.8, 4) is 0 Å². The summed E-state index contributed by atoms with van der Waals surface area (Å²) in [6.45, 7) is 2.37. The lowest BCUT2D eigenvalue weighted by Gasteiger charge is -2.37. The van der Waals surface area contributed by atoms with E-state index in [1.807, 2.05) is 0 Å². The van der Waals surface area contributed by atoms with Crippen molar-refractivity contribution in [1.29, 1.82) is 0 Å². The molecule has 0 aromatic heterocycles. The van der Waals surface area contributed by atoms with Gasteiger partial charge >= 0.3 is 0 Å². The minimum atomic E-state index is 0.520. The van der Waals surface area contributed by atoms with Crippen LogP contribution >= 0.6 is 11.8 Å². The number of rotatable bonds is 5. The summed E-state index contributed by atoms with van der Waals surface area (Å²) >= 11 is 2.10. The zero-order valence-corrected chi connectivity index (χ0v) is 14.2. The maximum atomic E-state index is 3.84. The van der Waals surface area contributed by atoms with Crippen molar-refractivity contribution in [2.75, 3.05) is 19.3 Å². The second kappa shape index (κ2) is 7.19. The Bertz CT molecular complexity index is 451. The molecule has 2 aliphatic carbocycles. The number of hydrogen-bond acceptors (Lipinski definition) is 2. The first-order valence-corrected chi connectivity index (χ1v) is 9.89. The van der Waals surface area contributed by atoms with E-state index in [1.165, 1.54) is 64.5 Å². The van der Waals surface area contributed by atoms with Crippen LogP contribution in [0.3, 0.4) is 0 Å². The molecular weight excluding hydrogens is 274 g/mol. The Kier molecular flexibility index (Phi) is 5.29. The van der Waals surface area contributed by atoms with Gasteiger partial charge in [-0.25, -0.2) is 0 Å². The van der Waals surface area contributed by atoms with Crippen LogP contribution in [-0.4, -0.2) is 24.1 Å². The molecule has 0 bridgehead atoms. The van der Waals surface area contributed by atoms with E-state index in [9.17, 15) is 0 Å². The van der Waals surface area contributed by atoms with Crippen molar-refractivity contribution in [2.45, 2.75) is 62.0 Å². The van der Waals surface area contributed by atoms with Gasteiger partial charge in [0.05, 0.1) is 0 Å². The molecule has 1 N–H and O–H groups in total. The zero-order chi connectivity index (χ0) is 14.5. The number of nitrogens with one attached hydrogen (secondary N) is 1. The van der Waals surface area contributed by atoms with Crippen LogP contribution < -0.4 is 5.32 Å². The van der Waals surface area contributed by atoms with Crippen LogP contribution in [0.15, 0.2) is 24.3 Å². The average molecular weight is 304 g/mol. The van der Waals surface area contributed by atoms with Crippen LogP contribution in [0.25, 0.3) is 0 Å². The summed E-state index contributed by atoms with van der Waals surface area (Å²) in [4.78, 5) is 0. The summed E-state index contributed by atoms with van der Waals surface area (Å²) in [5, 5.41) is 3.84. The number of aryl methyl sites for hydroxylation is 1. The molecule has 0 aliphatic heterocycles. The van der Waals surface area contributed by atoms with Gasteiger partial charge in [-0.2, -0.15) is 11.8 Å². The summed E-state index contributed by atoms with van der Waals surface area (Å²) in [6.07, 6.45) is 13.4. The Balaban J connectivity index is 1.56. The molecule has 0 saturated heterocycles. The van der Waals surface area contributed by atoms with E-state index < -0.39 is 0 Å². The molecule has 1 fully saturated rings. The fraction of sp³-hybridized carbons (Fsp3) is 0.684. The molecular formula is C19H29NS. The highest BCUT2D eigenvalue weighted by molar-refractivity contribution is 8.00. The van der Waals surface area contributed by atoms with E-state index >= 15 is 0 Å². The first-order valence-electron chi connectivity index (χ1n) is 8.67. The summed E-state index contributed by atoms with van der Waals surface area (Å²) in [5.74, 6) is 0.734. The Morgan fingerprint density at radius 3 is 2.76 bits per heavy atom. The van der Waals surface area contributed by atoms with Crippen molar-refractivity contribution in [2.24, 2.45) is 0 Å². The quantitative estimate of drug-likeness (QED) is 0.841. The normalized spacial score (nSPS) is 24.5. The molecule has 1 nitrogen and oxygen atoms in total. The van der Waals surface area contributed by atoms with E-state index in [2.05, 4.69) is 47.6 Å². The number of hydrogen-bond donors (Lipinski definition) is 1. The van der Waals surface area contributed by atoms with E-state index in [1.54, 1.807) is 11.1 Å². The van der Waals surface area contributed by atoms with Crippen molar-refractivity contribution >= 4 is 11.8 Å². The van der Waals surface area contributed by atoms with Gasteiger partial charge in [-0.15, -0.1) is 0 Å². The lowest BCUT2D eigenvalue weighted by Crippen LogP contribution is -2.40. The maximum absolute atomic E-state index is 3.84. The highest BCUT2D eigenvalue weighted by atomic mass is 32.2. The third kappa shape index (κ3) is 3.65. The first kappa shape index (κ1) is 15.4. The largest absolute Gasteiger partial charge is 0.315 e. The summed E-state index contributed by atoms with van der Waals surface area (Å²) in [6, 6.07) is 9.08. The molecule has 0 spiro atoms. The second-order valence-electron chi connectivity index (χ2n) is 6.87. The molecule has 1 unspecified atom stereocenters. The van der Waals surface area contributed by atoms with Gasteiger partial charge in [0, 0.05) is 17.8 Å². The molecule has 1 aromatic rings. The number of thioether (sulfide) groups is 1. The Hall–Kier alpha value is -0.470. The van der Waals surface area contributed by atoms with Crippen molar-refractivity contribution in [3.05, 3.63) is 35.4 Å². The Morgan fingerprint density at radius 1 is 1.14 bits per heavy atom. The monoisotopic (exact) mass is 303 g/mol. The predicted molar refractivity (Wildman–Crippen MR) is 94.3 cm³/mol. The smallest absolute Gasteiger partial charge is 0.0281 e. The molecule has 1 atom stereocenters. The van der Waals surface area contributed by atoms with Crippen LogP contribution in [0.2, 0.25) is 0 Å². The summed E-state index contributed by atoms with van der Waals surface area (Å²) in [7, 11) is 0. The predicted octanol–water partition coefficient (Wildman–Crippen LogP) is 4.76. The lowest BCUT2D eigenvalue weighted by molar-refractivity contribution is 0.372. The molecule has 0 amide bonds. The van der Waals surface area contributed by atoms with E-state index in [0.29, 0.717) is 4.75 Å². The van der Waals surface area contributed by atoms with E-state index in [4.69, 9.17) is 0 Å². The standard InChI is InChI=1S/C19H29NS/c1-21-19(12-5-2-6-13-19)15-20-14-17-10-7-9-16-8-3-4-11-18(16)17/h3-4,8,11,17,20H,2,5-7,9-10,12-15H2,1H3. The average Bonchev–Trinajstić information content (AvgIpc) is 2.56. The maximum Gasteiger partial charge on any atom is 0.0281 e. The molecule has 1 saturated carbocycles. The molecule has 0 radical (unpaired) electrons. The molecule has 2 aliphatic rings. The minimum Gasteiger partial charge on any atom is -0.315 e. The molecule has 116 valence electrons. The van der Waals surface area contributed by atoms with Gasteiger partial charge in [-0.3, -0.25) is 0 Å². The Morgan fingerprint density at radius 2 is 1.95 bits per heavy atom. The third-order valence-corrected chi connectivity index (χ3v) is 6.95. The van der Waals surface area contributed by atoms with E-state index in [-0.39, 0.29) is 0 Å². The highest BCUT2D eigenvalue weighted by Crippen LogP contribution is 2.38. The first-order chi connectivity index (χ1) is 10.3. The summed E-state index contributed by atoms with van der Waals surface area (Å²) < 4.78 is 0.520. The Labute approximate surface area is 134 Å². The fourth-order valence-electron chi connectivity index (χ4n) is 4.19. The van der Waals surface area contributed by atoms with Crippen molar-refractivity contribution in [3.63, 3.8) is 0 Å². The van der Waals surface area contributed by atoms with Crippen LogP contribution in [-0.2, 0) is 6.42 Å². The van der Waals surface area contributed by atoms with Crippen LogP contribution in [0.5, 0.6) is 0 Å². The minimum absolute atomic E-state index is 0.520. The molecule has 0 heterocycles.